The third kappa shape index (κ3) is 9.45. The van der Waals surface area contributed by atoms with Crippen molar-refractivity contribution in [1.82, 2.24) is 0 Å². The third-order valence-corrected chi connectivity index (χ3v) is 5.14. The van der Waals surface area contributed by atoms with Crippen LogP contribution in [0.1, 0.15) is 104 Å². The lowest BCUT2D eigenvalue weighted by Gasteiger charge is -2.14. The molecular formula is C21H39NO5. The number of hydrogen-bond donors (Lipinski definition) is 1. The van der Waals surface area contributed by atoms with Gasteiger partial charge in [-0.3, -0.25) is 5.21 Å². The maximum Gasteiger partial charge on any atom is 0.408 e. The number of rotatable bonds is 16. The standard InChI is InChI=1S/C21H39NO5/c1-3-5-6-7-8-9-10-11-12-13-14-15-16-17-18-20(23)19(22(25)27-18)21(24)26-4-2/h18,20,23H,3-17H2,1-2H3/t18-,20-/m1/s1. The molecule has 0 fully saturated rings. The van der Waals surface area contributed by atoms with E-state index in [-0.39, 0.29) is 17.2 Å². The number of ether oxygens (including phenoxy) is 1. The van der Waals surface area contributed by atoms with Crippen LogP contribution in [0.3, 0.4) is 0 Å². The molecule has 1 N–H and O–H groups in total. The van der Waals surface area contributed by atoms with E-state index in [1.54, 1.807) is 6.92 Å². The van der Waals surface area contributed by atoms with Gasteiger partial charge in [-0.1, -0.05) is 90.4 Å². The Hall–Kier alpha value is -1.30. The molecule has 1 rings (SSSR count). The van der Waals surface area contributed by atoms with Crippen molar-refractivity contribution in [2.75, 3.05) is 6.61 Å². The van der Waals surface area contributed by atoms with Crippen molar-refractivity contribution in [2.45, 2.75) is 116 Å². The summed E-state index contributed by atoms with van der Waals surface area (Å²) in [5, 5.41) is 21.7. The second-order valence-corrected chi connectivity index (χ2v) is 7.48. The van der Waals surface area contributed by atoms with E-state index in [1.165, 1.54) is 64.2 Å². The Morgan fingerprint density at radius 3 is 1.93 bits per heavy atom. The summed E-state index contributed by atoms with van der Waals surface area (Å²) in [6.45, 7) is 4.06. The first-order valence-electron chi connectivity index (χ1n) is 11.0. The SMILES string of the molecule is CCCCCCCCCCCCCCC[C@H]1O[N+]([O-])=C(C(=O)OCC)[C@@H]1O. The molecule has 0 unspecified atom stereocenters. The molecule has 0 radical (unpaired) electrons. The van der Waals surface area contributed by atoms with Crippen LogP contribution < -0.4 is 0 Å². The van der Waals surface area contributed by atoms with Gasteiger partial charge in [-0.15, -0.1) is 0 Å². The predicted octanol–water partition coefficient (Wildman–Crippen LogP) is 4.66. The van der Waals surface area contributed by atoms with Gasteiger partial charge >= 0.3 is 11.7 Å². The molecular weight excluding hydrogens is 346 g/mol. The smallest absolute Gasteiger partial charge is 0.408 e. The number of carbonyl (C=O) groups excluding carboxylic acids is 1. The first-order valence-corrected chi connectivity index (χ1v) is 11.0. The van der Waals surface area contributed by atoms with Crippen LogP contribution in [0, 0.1) is 5.21 Å². The summed E-state index contributed by atoms with van der Waals surface area (Å²) in [7, 11) is 0. The molecule has 1 aliphatic rings. The van der Waals surface area contributed by atoms with Gasteiger partial charge in [-0.2, -0.15) is 0 Å². The molecule has 6 heteroatoms. The molecule has 0 bridgehead atoms. The molecule has 0 amide bonds. The minimum absolute atomic E-state index is 0.121. The van der Waals surface area contributed by atoms with Crippen molar-refractivity contribution in [3.8, 4) is 0 Å². The molecule has 0 spiro atoms. The number of aliphatic hydroxyl groups is 1. The molecule has 0 saturated heterocycles. The first kappa shape index (κ1) is 23.7. The van der Waals surface area contributed by atoms with Crippen molar-refractivity contribution in [1.29, 1.82) is 0 Å². The lowest BCUT2D eigenvalue weighted by molar-refractivity contribution is -0.740. The van der Waals surface area contributed by atoms with Gasteiger partial charge < -0.3 is 14.7 Å². The first-order chi connectivity index (χ1) is 13.1. The fraction of sp³-hybridized carbons (Fsp3) is 0.905. The van der Waals surface area contributed by atoms with E-state index in [4.69, 9.17) is 9.57 Å². The second kappa shape index (κ2) is 14.7. The molecule has 158 valence electrons. The van der Waals surface area contributed by atoms with Crippen LogP contribution in [0.25, 0.3) is 0 Å². The molecule has 27 heavy (non-hydrogen) atoms. The summed E-state index contributed by atoms with van der Waals surface area (Å²) >= 11 is 0. The lowest BCUT2D eigenvalue weighted by atomic mass is 10.0. The van der Waals surface area contributed by atoms with Gasteiger partial charge in [0, 0.05) is 0 Å². The molecule has 6 nitrogen and oxygen atoms in total. The van der Waals surface area contributed by atoms with Gasteiger partial charge in [0.15, 0.2) is 6.10 Å². The van der Waals surface area contributed by atoms with Gasteiger partial charge in [0.1, 0.15) is 6.10 Å². The largest absolute Gasteiger partial charge is 0.458 e. The number of hydrogen-bond acceptors (Lipinski definition) is 5. The van der Waals surface area contributed by atoms with Crippen LogP contribution in [-0.4, -0.2) is 40.5 Å². The minimum atomic E-state index is -1.20. The Morgan fingerprint density at radius 1 is 0.963 bits per heavy atom. The average Bonchev–Trinajstić information content (AvgIpc) is 2.93. The molecule has 0 aromatic heterocycles. The van der Waals surface area contributed by atoms with Gasteiger partial charge in [-0.25, -0.2) is 4.79 Å². The van der Waals surface area contributed by atoms with Crippen LogP contribution in [0.4, 0.5) is 0 Å². The zero-order valence-corrected chi connectivity index (χ0v) is 17.3. The predicted molar refractivity (Wildman–Crippen MR) is 106 cm³/mol. The highest BCUT2D eigenvalue weighted by Crippen LogP contribution is 2.19. The molecule has 0 saturated carbocycles. The summed E-state index contributed by atoms with van der Waals surface area (Å²) in [5.41, 5.74) is -0.337. The molecule has 1 aliphatic heterocycles. The summed E-state index contributed by atoms with van der Waals surface area (Å²) in [5.74, 6) is -0.798. The van der Waals surface area contributed by atoms with Crippen molar-refractivity contribution < 1.29 is 24.4 Å². The number of unbranched alkanes of at least 4 members (excludes halogenated alkanes) is 12. The number of carbonyl (C=O) groups is 1. The van der Waals surface area contributed by atoms with Crippen molar-refractivity contribution in [3.05, 3.63) is 5.21 Å². The summed E-state index contributed by atoms with van der Waals surface area (Å²) in [4.78, 5) is 16.8. The normalized spacial score (nSPS) is 19.4. The Morgan fingerprint density at radius 2 is 1.44 bits per heavy atom. The number of nitrogens with zero attached hydrogens (tertiary/aromatic N) is 1. The second-order valence-electron chi connectivity index (χ2n) is 7.48. The van der Waals surface area contributed by atoms with Gasteiger partial charge in [0.25, 0.3) is 0 Å². The maximum absolute atomic E-state index is 11.7. The van der Waals surface area contributed by atoms with Gasteiger partial charge in [0.05, 0.1) is 11.5 Å². The Bertz CT molecular complexity index is 438. The van der Waals surface area contributed by atoms with Crippen LogP contribution in [0.5, 0.6) is 0 Å². The van der Waals surface area contributed by atoms with E-state index in [0.717, 1.165) is 19.3 Å². The highest BCUT2D eigenvalue weighted by atomic mass is 16.9. The zero-order chi connectivity index (χ0) is 19.9. The number of aliphatic hydroxyl groups excluding tert-OH is 1. The van der Waals surface area contributed by atoms with Crippen LogP contribution in [-0.2, 0) is 14.4 Å². The quantitative estimate of drug-likeness (QED) is 0.237. The monoisotopic (exact) mass is 385 g/mol. The van der Waals surface area contributed by atoms with E-state index in [1.807, 2.05) is 0 Å². The fourth-order valence-electron chi connectivity index (χ4n) is 3.50. The highest BCUT2D eigenvalue weighted by molar-refractivity contribution is 6.36. The highest BCUT2D eigenvalue weighted by Gasteiger charge is 2.44. The van der Waals surface area contributed by atoms with Gasteiger partial charge in [-0.05, 0) is 13.3 Å². The zero-order valence-electron chi connectivity index (χ0n) is 17.3. The molecule has 1 heterocycles. The van der Waals surface area contributed by atoms with Crippen LogP contribution in [0.15, 0.2) is 0 Å². The average molecular weight is 386 g/mol. The lowest BCUT2D eigenvalue weighted by Crippen LogP contribution is -2.35. The van der Waals surface area contributed by atoms with E-state index in [2.05, 4.69) is 6.92 Å². The molecule has 0 aliphatic carbocycles. The Kier molecular flexibility index (Phi) is 12.9. The summed E-state index contributed by atoms with van der Waals surface area (Å²) < 4.78 is 4.78. The van der Waals surface area contributed by atoms with Gasteiger partial charge in [0.2, 0.25) is 0 Å². The number of esters is 1. The topological polar surface area (TPSA) is 81.8 Å². The summed E-state index contributed by atoms with van der Waals surface area (Å²) in [6.07, 6.45) is 15.2. The molecule has 0 aromatic carbocycles. The minimum Gasteiger partial charge on any atom is -0.458 e. The summed E-state index contributed by atoms with van der Waals surface area (Å²) in [6, 6.07) is 0. The van der Waals surface area contributed by atoms with Crippen LogP contribution in [0.2, 0.25) is 0 Å². The van der Waals surface area contributed by atoms with Crippen molar-refractivity contribution in [3.63, 3.8) is 0 Å². The Balaban J connectivity index is 1.98. The Labute approximate surface area is 164 Å². The molecule has 2 atom stereocenters. The van der Waals surface area contributed by atoms with Crippen LogP contribution >= 0.6 is 0 Å². The van der Waals surface area contributed by atoms with Crippen molar-refractivity contribution in [2.24, 2.45) is 0 Å². The maximum atomic E-state index is 11.7. The fourth-order valence-corrected chi connectivity index (χ4v) is 3.50. The molecule has 0 aromatic rings. The van der Waals surface area contributed by atoms with E-state index >= 15 is 0 Å². The van der Waals surface area contributed by atoms with E-state index < -0.39 is 18.2 Å². The van der Waals surface area contributed by atoms with E-state index in [9.17, 15) is 15.1 Å². The van der Waals surface area contributed by atoms with E-state index in [0.29, 0.717) is 6.42 Å². The van der Waals surface area contributed by atoms with Crippen molar-refractivity contribution >= 4 is 11.7 Å². The third-order valence-electron chi connectivity index (χ3n) is 5.14.